The average molecular weight is 1020 g/mol. The van der Waals surface area contributed by atoms with Crippen LogP contribution >= 0.6 is 8.32 Å². The number of rotatable bonds is 4. The Morgan fingerprint density at radius 2 is 0.661 bits per heavy atom. The van der Waals surface area contributed by atoms with Gasteiger partial charge in [-0.25, -0.2) is 0 Å². The van der Waals surface area contributed by atoms with Crippen molar-refractivity contribution in [3.63, 3.8) is 0 Å². The van der Waals surface area contributed by atoms with E-state index in [-0.39, 0.29) is 0 Å². The van der Waals surface area contributed by atoms with Crippen molar-refractivity contribution < 1.29 is 0 Å². The minimum absolute atomic E-state index is 0.950. The molecule has 6 aromatic rings. The van der Waals surface area contributed by atoms with E-state index in [1.54, 1.807) is 0 Å². The van der Waals surface area contributed by atoms with Crippen LogP contribution in [0.3, 0.4) is 0 Å². The predicted molar refractivity (Wildman–Crippen MR) is 263 cm³/mol. The summed E-state index contributed by atoms with van der Waals surface area (Å²) < 4.78 is 5.17. The van der Waals surface area contributed by atoms with E-state index in [4.69, 9.17) is 18.3 Å². The van der Waals surface area contributed by atoms with E-state index in [9.17, 15) is 0 Å². The SMILES string of the molecule is Cc1cc(C2=C3C=CC(=N3)C(c3cc(C)c(C)c(C)c3)=c3ccc4[n]3[Tl]([Cl])[n]3c2ccc3C(c2cc(C)c(C)c(C)c2)=C2C=CC(=N2)C=4c2cc(C)c(C)c(C)c2)cc(C)c1C. The third-order valence-electron chi connectivity index (χ3n) is 14.5. The molecule has 0 N–H and O–H groups in total. The average Bonchev–Trinajstić information content (AvgIpc) is 4.06. The summed E-state index contributed by atoms with van der Waals surface area (Å²) in [4.78, 5) is 11.3. The van der Waals surface area contributed by atoms with Crippen molar-refractivity contribution >= 4 is 64.1 Å². The number of fused-ring (bicyclic) bond motifs is 2. The quantitative estimate of drug-likeness (QED) is 0.158. The van der Waals surface area contributed by atoms with Crippen LogP contribution in [0.15, 0.2) is 118 Å². The van der Waals surface area contributed by atoms with Crippen LogP contribution in [-0.4, -0.2) is 38.3 Å². The van der Waals surface area contributed by atoms with Gasteiger partial charge in [0, 0.05) is 0 Å². The Morgan fingerprint density at radius 3 is 0.968 bits per heavy atom. The van der Waals surface area contributed by atoms with Gasteiger partial charge in [0.15, 0.2) is 0 Å². The summed E-state index contributed by atoms with van der Waals surface area (Å²) in [6.45, 7) is 26.7. The number of aromatic nitrogens is 2. The molecule has 10 rings (SSSR count). The first-order valence-electron chi connectivity index (χ1n) is 21.8. The molecule has 2 aromatic heterocycles. The molecule has 0 aliphatic carbocycles. The normalized spacial score (nSPS) is 15.3. The number of hydrogen-bond donors (Lipinski definition) is 0. The summed E-state index contributed by atoms with van der Waals surface area (Å²) in [6.07, 6.45) is 8.93. The summed E-state index contributed by atoms with van der Waals surface area (Å²) in [6, 6.07) is 28.0. The summed E-state index contributed by atoms with van der Waals surface area (Å²) in [5.74, 6) is 0. The van der Waals surface area contributed by atoms with Gasteiger partial charge in [-0.3, -0.25) is 0 Å². The molecule has 0 spiro atoms. The topological polar surface area (TPSA) is 34.6 Å². The molecular weight excluding hydrogens is 968 g/mol. The van der Waals surface area contributed by atoms with Crippen molar-refractivity contribution in [1.29, 1.82) is 0 Å². The van der Waals surface area contributed by atoms with Crippen LogP contribution in [0.25, 0.3) is 22.3 Å². The van der Waals surface area contributed by atoms with Gasteiger partial charge >= 0.3 is 382 Å². The molecule has 0 saturated heterocycles. The summed E-state index contributed by atoms with van der Waals surface area (Å²) in [7, 11) is 8.66. The third-order valence-corrected chi connectivity index (χ3v) is 25.5. The van der Waals surface area contributed by atoms with Crippen molar-refractivity contribution in [3.8, 4) is 0 Å². The number of halogens is 1. The molecule has 4 aliphatic rings. The molecule has 0 radical (unpaired) electrons. The Hall–Kier alpha value is -5.31. The number of nitrogens with zero attached hydrogens (tertiary/aromatic N) is 4. The molecule has 6 bridgehead atoms. The van der Waals surface area contributed by atoms with Gasteiger partial charge in [0.2, 0.25) is 0 Å². The van der Waals surface area contributed by atoms with E-state index in [1.165, 1.54) is 66.8 Å². The number of aryl methyl sites for hydroxylation is 8. The maximum absolute atomic E-state index is 8.66. The molecule has 4 nitrogen and oxygen atoms in total. The first-order valence-corrected chi connectivity index (χ1v) is 31.3. The van der Waals surface area contributed by atoms with E-state index in [0.29, 0.717) is 0 Å². The fraction of sp³-hybridized carbons (Fsp3) is 0.214. The van der Waals surface area contributed by atoms with E-state index in [1.807, 2.05) is 0 Å². The zero-order chi connectivity index (χ0) is 43.6. The molecule has 4 aromatic carbocycles. The molecule has 0 saturated carbocycles. The molecule has 306 valence electrons. The first kappa shape index (κ1) is 40.7. The first-order chi connectivity index (χ1) is 29.6. The van der Waals surface area contributed by atoms with Gasteiger partial charge in [-0.05, 0) is 0 Å². The molecule has 6 heteroatoms. The van der Waals surface area contributed by atoms with Crippen molar-refractivity contribution in [3.05, 3.63) is 220 Å². The third kappa shape index (κ3) is 6.26. The molecule has 6 heterocycles. The zero-order valence-corrected chi connectivity index (χ0v) is 43.2. The van der Waals surface area contributed by atoms with Gasteiger partial charge < -0.3 is 0 Å². The summed E-state index contributed by atoms with van der Waals surface area (Å²) in [5.41, 5.74) is 30.3. The molecule has 0 unspecified atom stereocenters. The standard InChI is InChI=1S/C56H52N4.ClH.Tl/c1-29-21-41(22-30(2)37(29)9)53-45-13-15-47(57-45)54(42-23-31(3)38(10)32(4)24-42)49-17-19-51(59-49)56(44-27-35(7)40(12)36(8)28-44)52-20-18-50(60-52)55(48-16-14-46(53)58-48)43-25-33(5)39(11)34(6)26-43;;/h13-28H,1-12H3;1H;/q-2;;+3/p-1. The van der Waals surface area contributed by atoms with Crippen molar-refractivity contribution in [1.82, 2.24) is 4.75 Å². The predicted octanol–water partition coefficient (Wildman–Crippen LogP) is 11.6. The molecule has 62 heavy (non-hydrogen) atoms. The second kappa shape index (κ2) is 14.9. The fourth-order valence-electron chi connectivity index (χ4n) is 10.00. The Balaban J connectivity index is 1.46. The van der Waals surface area contributed by atoms with Crippen LogP contribution in [0.4, 0.5) is 0 Å². The molecule has 0 atom stereocenters. The number of benzene rings is 4. The molecular formula is C56H52ClN4Tl. The Labute approximate surface area is 378 Å². The van der Waals surface area contributed by atoms with Crippen LogP contribution in [0.2, 0.25) is 0 Å². The maximum atomic E-state index is 8.66. The van der Waals surface area contributed by atoms with Gasteiger partial charge in [0.1, 0.15) is 0 Å². The second-order valence-electron chi connectivity index (χ2n) is 18.1. The van der Waals surface area contributed by atoms with E-state index in [0.717, 1.165) is 89.4 Å². The van der Waals surface area contributed by atoms with Gasteiger partial charge in [0.25, 0.3) is 0 Å². The van der Waals surface area contributed by atoms with Crippen LogP contribution in [-0.2, 0) is 0 Å². The van der Waals surface area contributed by atoms with Gasteiger partial charge in [-0.15, -0.1) is 0 Å². The Bertz CT molecular complexity index is 3060. The van der Waals surface area contributed by atoms with Crippen molar-refractivity contribution in [2.45, 2.75) is 83.1 Å². The monoisotopic (exact) mass is 1020 g/mol. The zero-order valence-electron chi connectivity index (χ0n) is 38.0. The minimum atomic E-state index is -4.09. The van der Waals surface area contributed by atoms with Crippen LogP contribution in [0.5, 0.6) is 0 Å². The Kier molecular flexibility index (Phi) is 9.80. The number of hydrogen-bond acceptors (Lipinski definition) is 2. The Morgan fingerprint density at radius 1 is 0.371 bits per heavy atom. The van der Waals surface area contributed by atoms with Gasteiger partial charge in [-0.2, -0.15) is 0 Å². The fourth-order valence-corrected chi connectivity index (χ4v) is 21.5. The van der Waals surface area contributed by atoms with Crippen molar-refractivity contribution in [2.75, 3.05) is 0 Å². The summed E-state index contributed by atoms with van der Waals surface area (Å²) >= 11 is -4.09. The number of aliphatic imine (C=N–C) groups is 2. The van der Waals surface area contributed by atoms with Gasteiger partial charge in [0.05, 0.1) is 0 Å². The van der Waals surface area contributed by atoms with E-state index < -0.39 is 22.1 Å². The van der Waals surface area contributed by atoms with Crippen LogP contribution in [0, 0.1) is 83.1 Å². The van der Waals surface area contributed by atoms with Gasteiger partial charge in [-0.1, -0.05) is 0 Å². The second-order valence-corrected chi connectivity index (χ2v) is 28.0. The molecule has 0 amide bonds. The number of allylic oxidation sites excluding steroid dienone is 4. The van der Waals surface area contributed by atoms with Crippen LogP contribution in [0.1, 0.15) is 100 Å². The van der Waals surface area contributed by atoms with Crippen molar-refractivity contribution in [2.24, 2.45) is 9.98 Å². The summed E-state index contributed by atoms with van der Waals surface area (Å²) in [5, 5.41) is 2.19. The van der Waals surface area contributed by atoms with E-state index >= 15 is 0 Å². The van der Waals surface area contributed by atoms with E-state index in [2.05, 4.69) is 185 Å². The molecule has 4 aliphatic heterocycles. The molecule has 0 fully saturated rings. The van der Waals surface area contributed by atoms with Crippen LogP contribution < -0.4 is 10.7 Å².